The first-order valence-corrected chi connectivity index (χ1v) is 14.7. The second-order valence-corrected chi connectivity index (χ2v) is 11.7. The van der Waals surface area contributed by atoms with E-state index in [1.807, 2.05) is 0 Å². The van der Waals surface area contributed by atoms with Crippen LogP contribution in [0.25, 0.3) is 0 Å². The molecule has 1 aromatic rings. The van der Waals surface area contributed by atoms with Gasteiger partial charge in [0.25, 0.3) is 0 Å². The average Bonchev–Trinajstić information content (AvgIpc) is 2.85. The van der Waals surface area contributed by atoms with Crippen LogP contribution >= 0.6 is 0 Å². The van der Waals surface area contributed by atoms with Gasteiger partial charge in [0.15, 0.2) is 0 Å². The summed E-state index contributed by atoms with van der Waals surface area (Å²) >= 11 is 0. The van der Waals surface area contributed by atoms with Gasteiger partial charge in [0.05, 0.1) is 5.56 Å². The van der Waals surface area contributed by atoms with Crippen LogP contribution in [-0.4, -0.2) is 0 Å². The molecule has 1 aromatic carbocycles. The second kappa shape index (κ2) is 14.6. The Morgan fingerprint density at radius 2 is 1.14 bits per heavy atom. The molecule has 0 bridgehead atoms. The maximum absolute atomic E-state index is 14.4. The van der Waals surface area contributed by atoms with Gasteiger partial charge in [-0.25, -0.2) is 4.39 Å². The number of hydrogen-bond acceptors (Lipinski definition) is 0. The molecule has 4 heteroatoms. The molecule has 2 saturated carbocycles. The lowest BCUT2D eigenvalue weighted by molar-refractivity contribution is -0.137. The Kier molecular flexibility index (Phi) is 11.9. The smallest absolute Gasteiger partial charge is 0.207 e. The summed E-state index contributed by atoms with van der Waals surface area (Å²) in [6.07, 6.45) is 20.4. The van der Waals surface area contributed by atoms with Crippen molar-refractivity contribution in [3.63, 3.8) is 0 Å². The first-order chi connectivity index (χ1) is 16.9. The minimum absolute atomic E-state index is 0.0697. The molecule has 0 nitrogen and oxygen atoms in total. The molecule has 0 aromatic heterocycles. The highest BCUT2D eigenvalue weighted by molar-refractivity contribution is 5.29. The van der Waals surface area contributed by atoms with Crippen LogP contribution in [0.3, 0.4) is 0 Å². The summed E-state index contributed by atoms with van der Waals surface area (Å²) in [6.45, 7) is 2.28. The zero-order valence-corrected chi connectivity index (χ0v) is 22.0. The molecule has 2 fully saturated rings. The van der Waals surface area contributed by atoms with E-state index in [2.05, 4.69) is 6.92 Å². The van der Waals surface area contributed by atoms with Gasteiger partial charge in [-0.15, -0.1) is 0 Å². The van der Waals surface area contributed by atoms with E-state index in [0.29, 0.717) is 17.5 Å². The Hall–Kier alpha value is -1.06. The molecule has 0 aliphatic heterocycles. The summed E-state index contributed by atoms with van der Waals surface area (Å²) in [4.78, 5) is 0. The second-order valence-electron chi connectivity index (χ2n) is 11.7. The average molecular weight is 497 g/mol. The Labute approximate surface area is 211 Å². The predicted molar refractivity (Wildman–Crippen MR) is 138 cm³/mol. The minimum atomic E-state index is -4.48. The van der Waals surface area contributed by atoms with Crippen LogP contribution < -0.4 is 0 Å². The Balaban J connectivity index is 1.26. The summed E-state index contributed by atoms with van der Waals surface area (Å²) in [5, 5.41) is 0. The van der Waals surface area contributed by atoms with Gasteiger partial charge in [-0.3, -0.25) is 0 Å². The Morgan fingerprint density at radius 1 is 0.657 bits per heavy atom. The van der Waals surface area contributed by atoms with E-state index in [1.54, 1.807) is 0 Å². The van der Waals surface area contributed by atoms with E-state index in [-0.39, 0.29) is 5.92 Å². The van der Waals surface area contributed by atoms with Crippen LogP contribution in [0.15, 0.2) is 18.2 Å². The van der Waals surface area contributed by atoms with Crippen molar-refractivity contribution in [2.45, 2.75) is 141 Å². The molecule has 0 unspecified atom stereocenters. The molecule has 0 spiro atoms. The van der Waals surface area contributed by atoms with E-state index < -0.39 is 17.6 Å². The van der Waals surface area contributed by atoms with Crippen molar-refractivity contribution in [1.82, 2.24) is 0 Å². The molecule has 0 saturated heterocycles. The number of alkyl halides is 3. The quantitative estimate of drug-likeness (QED) is 0.188. The molecule has 0 atom stereocenters. The highest BCUT2D eigenvalue weighted by Gasteiger charge is 2.32. The summed E-state index contributed by atoms with van der Waals surface area (Å²) in [6, 6.07) is 3.08. The summed E-state index contributed by atoms with van der Waals surface area (Å²) in [5.74, 6) is 1.93. The van der Waals surface area contributed by atoms with Gasteiger partial charge in [-0.05, 0) is 67.1 Å². The third-order valence-electron chi connectivity index (χ3n) is 9.03. The Bertz CT molecular complexity index is 709. The van der Waals surface area contributed by atoms with Gasteiger partial charge in [-0.1, -0.05) is 109 Å². The maximum atomic E-state index is 14.4. The SMILES string of the molecule is CCCCCCCCCCC1CCC(CCC2CCC(c3ccc(C(F)(F)F)cc3F)CC2)CC1. The largest absolute Gasteiger partial charge is 0.416 e. The van der Waals surface area contributed by atoms with Crippen LogP contribution in [0.5, 0.6) is 0 Å². The van der Waals surface area contributed by atoms with Crippen molar-refractivity contribution in [2.75, 3.05) is 0 Å². The van der Waals surface area contributed by atoms with E-state index >= 15 is 0 Å². The highest BCUT2D eigenvalue weighted by atomic mass is 19.4. The van der Waals surface area contributed by atoms with Crippen LogP contribution in [0, 0.1) is 23.6 Å². The summed E-state index contributed by atoms with van der Waals surface area (Å²) < 4.78 is 52.8. The van der Waals surface area contributed by atoms with Gasteiger partial charge >= 0.3 is 6.18 Å². The molecule has 0 radical (unpaired) electrons. The van der Waals surface area contributed by atoms with Crippen molar-refractivity contribution < 1.29 is 17.6 Å². The van der Waals surface area contributed by atoms with Gasteiger partial charge < -0.3 is 0 Å². The van der Waals surface area contributed by atoms with Crippen LogP contribution in [-0.2, 0) is 6.18 Å². The molecule has 200 valence electrons. The number of rotatable bonds is 13. The number of halogens is 4. The van der Waals surface area contributed by atoms with Gasteiger partial charge in [0, 0.05) is 0 Å². The topological polar surface area (TPSA) is 0 Å². The lowest BCUT2D eigenvalue weighted by Crippen LogP contribution is -2.18. The lowest BCUT2D eigenvalue weighted by atomic mass is 9.74. The third kappa shape index (κ3) is 9.73. The van der Waals surface area contributed by atoms with Crippen molar-refractivity contribution >= 4 is 0 Å². The number of hydrogen-bond donors (Lipinski definition) is 0. The molecule has 0 N–H and O–H groups in total. The molecule has 0 amide bonds. The molecular weight excluding hydrogens is 448 g/mol. The third-order valence-corrected chi connectivity index (χ3v) is 9.03. The molecule has 35 heavy (non-hydrogen) atoms. The van der Waals surface area contributed by atoms with Crippen LogP contribution in [0.4, 0.5) is 17.6 Å². The van der Waals surface area contributed by atoms with Gasteiger partial charge in [0.1, 0.15) is 5.82 Å². The van der Waals surface area contributed by atoms with Crippen LogP contribution in [0.2, 0.25) is 0 Å². The standard InChI is InChI=1S/C31H48F4/c1-2-3-4-5-6-7-8-9-10-24-11-13-25(14-12-24)15-16-26-17-19-27(20-18-26)29-22-21-28(23-30(29)32)31(33,34)35/h21-27H,2-20H2,1H3. The summed E-state index contributed by atoms with van der Waals surface area (Å²) in [7, 11) is 0. The lowest BCUT2D eigenvalue weighted by Gasteiger charge is -2.32. The van der Waals surface area contributed by atoms with E-state index in [1.165, 1.54) is 102 Å². The first kappa shape index (κ1) is 28.5. The maximum Gasteiger partial charge on any atom is 0.416 e. The van der Waals surface area contributed by atoms with Crippen molar-refractivity contribution in [2.24, 2.45) is 17.8 Å². The van der Waals surface area contributed by atoms with Crippen molar-refractivity contribution in [3.8, 4) is 0 Å². The monoisotopic (exact) mass is 496 g/mol. The molecule has 2 aliphatic rings. The fourth-order valence-electron chi connectivity index (χ4n) is 6.64. The number of unbranched alkanes of at least 4 members (excludes halogenated alkanes) is 7. The summed E-state index contributed by atoms with van der Waals surface area (Å²) in [5.41, 5.74) is -0.411. The zero-order chi connectivity index (χ0) is 25.1. The number of benzene rings is 1. The minimum Gasteiger partial charge on any atom is -0.207 e. The first-order valence-electron chi connectivity index (χ1n) is 14.7. The molecule has 2 aliphatic carbocycles. The van der Waals surface area contributed by atoms with Crippen molar-refractivity contribution in [3.05, 3.63) is 35.1 Å². The highest BCUT2D eigenvalue weighted by Crippen LogP contribution is 2.41. The molecule has 3 rings (SSSR count). The molecular formula is C31H48F4. The van der Waals surface area contributed by atoms with E-state index in [9.17, 15) is 17.6 Å². The Morgan fingerprint density at radius 3 is 1.66 bits per heavy atom. The molecule has 0 heterocycles. The van der Waals surface area contributed by atoms with Crippen LogP contribution in [0.1, 0.15) is 146 Å². The fraction of sp³-hybridized carbons (Fsp3) is 0.806. The van der Waals surface area contributed by atoms with E-state index in [0.717, 1.165) is 43.6 Å². The van der Waals surface area contributed by atoms with Gasteiger partial charge in [-0.2, -0.15) is 13.2 Å². The fourth-order valence-corrected chi connectivity index (χ4v) is 6.64. The van der Waals surface area contributed by atoms with Gasteiger partial charge in [0.2, 0.25) is 0 Å². The predicted octanol–water partition coefficient (Wildman–Crippen LogP) is 11.2. The van der Waals surface area contributed by atoms with E-state index in [4.69, 9.17) is 0 Å². The van der Waals surface area contributed by atoms with Crippen molar-refractivity contribution in [1.29, 1.82) is 0 Å². The normalized spacial score (nSPS) is 25.6. The zero-order valence-electron chi connectivity index (χ0n) is 22.0.